The second kappa shape index (κ2) is 8.39. The molecule has 1 amide bonds. The average molecular weight is 392 g/mol. The number of thioether (sulfide) groups is 2. The van der Waals surface area contributed by atoms with Crippen LogP contribution < -0.4 is 5.32 Å². The molecule has 0 saturated carbocycles. The van der Waals surface area contributed by atoms with Gasteiger partial charge in [-0.1, -0.05) is 23.9 Å². The number of hydrogen-bond donors (Lipinski definition) is 1. The zero-order chi connectivity index (χ0) is 18.7. The molecule has 26 heavy (non-hydrogen) atoms. The van der Waals surface area contributed by atoms with Crippen molar-refractivity contribution in [1.29, 1.82) is 0 Å². The molecule has 1 aliphatic rings. The Hall–Kier alpha value is -1.60. The highest BCUT2D eigenvalue weighted by atomic mass is 32.2. The summed E-state index contributed by atoms with van der Waals surface area (Å²) in [6.45, 7) is 3.91. The monoisotopic (exact) mass is 391 g/mol. The smallest absolute Gasteiger partial charge is 0.220 e. The fourth-order valence-electron chi connectivity index (χ4n) is 3.20. The number of benzene rings is 1. The molecule has 0 spiro atoms. The van der Waals surface area contributed by atoms with Crippen LogP contribution in [-0.2, 0) is 11.2 Å². The Morgan fingerprint density at radius 3 is 2.77 bits per heavy atom. The zero-order valence-electron chi connectivity index (χ0n) is 15.1. The predicted molar refractivity (Wildman–Crippen MR) is 104 cm³/mol. The molecular formula is C19H22FN3OS2. The summed E-state index contributed by atoms with van der Waals surface area (Å²) in [6, 6.07) is 4.96. The summed E-state index contributed by atoms with van der Waals surface area (Å²) < 4.78 is 14.0. The summed E-state index contributed by atoms with van der Waals surface area (Å²) in [5.74, 6) is 0.578. The Kier molecular flexibility index (Phi) is 6.19. The highest BCUT2D eigenvalue weighted by Gasteiger charge is 2.24. The number of carbonyl (C=O) groups excluding carboxylic acids is 1. The molecule has 138 valence electrons. The summed E-state index contributed by atoms with van der Waals surface area (Å²) in [5.41, 5.74) is 3.77. The quantitative estimate of drug-likeness (QED) is 0.610. The van der Waals surface area contributed by atoms with E-state index >= 15 is 0 Å². The van der Waals surface area contributed by atoms with Crippen molar-refractivity contribution in [3.05, 3.63) is 46.5 Å². The third-order valence-corrected chi connectivity index (χ3v) is 6.25. The van der Waals surface area contributed by atoms with Crippen LogP contribution in [0.5, 0.6) is 0 Å². The SMILES string of the molecule is CSc1nc(C)c(CCC(=O)NC2CCSc3c(F)cccc32)c(C)n1. The molecule has 2 aromatic rings. The van der Waals surface area contributed by atoms with E-state index in [0.717, 1.165) is 39.8 Å². The Balaban J connectivity index is 1.65. The molecule has 1 unspecified atom stereocenters. The molecule has 0 bridgehead atoms. The van der Waals surface area contributed by atoms with Crippen LogP contribution in [0.15, 0.2) is 28.3 Å². The van der Waals surface area contributed by atoms with Crippen molar-refractivity contribution >= 4 is 29.4 Å². The summed E-state index contributed by atoms with van der Waals surface area (Å²) in [7, 11) is 0. The van der Waals surface area contributed by atoms with Gasteiger partial charge in [-0.2, -0.15) is 0 Å². The van der Waals surface area contributed by atoms with E-state index in [9.17, 15) is 9.18 Å². The number of carbonyl (C=O) groups is 1. The number of rotatable bonds is 5. The van der Waals surface area contributed by atoms with E-state index in [1.807, 2.05) is 26.2 Å². The summed E-state index contributed by atoms with van der Waals surface area (Å²) >= 11 is 3.03. The van der Waals surface area contributed by atoms with Crippen LogP contribution in [0.4, 0.5) is 4.39 Å². The third kappa shape index (κ3) is 4.20. The molecule has 7 heteroatoms. The van der Waals surface area contributed by atoms with Crippen molar-refractivity contribution < 1.29 is 9.18 Å². The maximum absolute atomic E-state index is 14.0. The normalized spacial score (nSPS) is 16.2. The van der Waals surface area contributed by atoms with Gasteiger partial charge in [0, 0.05) is 28.5 Å². The van der Waals surface area contributed by atoms with E-state index in [0.29, 0.717) is 17.7 Å². The minimum atomic E-state index is -0.205. The third-order valence-electron chi connectivity index (χ3n) is 4.55. The predicted octanol–water partition coefficient (Wildman–Crippen LogP) is 4.24. The highest BCUT2D eigenvalue weighted by Crippen LogP contribution is 2.37. The van der Waals surface area contributed by atoms with E-state index < -0.39 is 0 Å². The van der Waals surface area contributed by atoms with Gasteiger partial charge in [0.2, 0.25) is 5.91 Å². The van der Waals surface area contributed by atoms with Gasteiger partial charge in [0.1, 0.15) is 5.82 Å². The van der Waals surface area contributed by atoms with Crippen molar-refractivity contribution in [1.82, 2.24) is 15.3 Å². The molecule has 1 aromatic heterocycles. The molecule has 1 aromatic carbocycles. The first-order valence-corrected chi connectivity index (χ1v) is 10.8. The van der Waals surface area contributed by atoms with Crippen LogP contribution in [-0.4, -0.2) is 27.9 Å². The molecule has 4 nitrogen and oxygen atoms in total. The first-order chi connectivity index (χ1) is 12.5. The lowest BCUT2D eigenvalue weighted by Gasteiger charge is -2.26. The van der Waals surface area contributed by atoms with Crippen LogP contribution >= 0.6 is 23.5 Å². The molecule has 0 aliphatic carbocycles. The molecule has 1 N–H and O–H groups in total. The Morgan fingerprint density at radius 2 is 2.08 bits per heavy atom. The van der Waals surface area contributed by atoms with Crippen LogP contribution in [0.2, 0.25) is 0 Å². The number of halogens is 1. The zero-order valence-corrected chi connectivity index (χ0v) is 16.8. The van der Waals surface area contributed by atoms with Gasteiger partial charge in [-0.15, -0.1) is 11.8 Å². The lowest BCUT2D eigenvalue weighted by molar-refractivity contribution is -0.121. The van der Waals surface area contributed by atoms with E-state index in [-0.39, 0.29) is 17.8 Å². The number of fused-ring (bicyclic) bond motifs is 1. The van der Waals surface area contributed by atoms with Crippen molar-refractivity contribution in [2.45, 2.75) is 49.2 Å². The van der Waals surface area contributed by atoms with Crippen molar-refractivity contribution in [3.8, 4) is 0 Å². The van der Waals surface area contributed by atoms with E-state index in [2.05, 4.69) is 15.3 Å². The Morgan fingerprint density at radius 1 is 1.35 bits per heavy atom. The summed E-state index contributed by atoms with van der Waals surface area (Å²) in [5, 5.41) is 3.83. The lowest BCUT2D eigenvalue weighted by atomic mass is 10.0. The van der Waals surface area contributed by atoms with E-state index in [4.69, 9.17) is 0 Å². The lowest BCUT2D eigenvalue weighted by Crippen LogP contribution is -2.31. The number of amides is 1. The molecule has 1 aliphatic heterocycles. The first kappa shape index (κ1) is 19.2. The van der Waals surface area contributed by atoms with Crippen LogP contribution in [0.1, 0.15) is 41.4 Å². The van der Waals surface area contributed by atoms with Gasteiger partial charge < -0.3 is 5.32 Å². The minimum absolute atomic E-state index is 0.0233. The molecule has 2 heterocycles. The summed E-state index contributed by atoms with van der Waals surface area (Å²) in [4.78, 5) is 22.1. The maximum atomic E-state index is 14.0. The number of aryl methyl sites for hydroxylation is 2. The molecule has 3 rings (SSSR count). The van der Waals surface area contributed by atoms with Gasteiger partial charge in [-0.3, -0.25) is 4.79 Å². The van der Waals surface area contributed by atoms with Crippen molar-refractivity contribution in [3.63, 3.8) is 0 Å². The molecule has 0 radical (unpaired) electrons. The topological polar surface area (TPSA) is 54.9 Å². The molecule has 0 fully saturated rings. The second-order valence-corrected chi connectivity index (χ2v) is 8.15. The average Bonchev–Trinajstić information content (AvgIpc) is 2.61. The minimum Gasteiger partial charge on any atom is -0.349 e. The standard InChI is InChI=1S/C19H22FN3OS2/c1-11-13(12(2)22-19(21-11)25-3)7-8-17(24)23-16-9-10-26-18-14(16)5-4-6-15(18)20/h4-6,16H,7-10H2,1-3H3,(H,23,24). The van der Waals surface area contributed by atoms with Gasteiger partial charge >= 0.3 is 0 Å². The van der Waals surface area contributed by atoms with Crippen LogP contribution in [0.3, 0.4) is 0 Å². The van der Waals surface area contributed by atoms with E-state index in [1.165, 1.54) is 29.6 Å². The largest absolute Gasteiger partial charge is 0.349 e. The fourth-order valence-corrected chi connectivity index (χ4v) is 4.80. The Bertz CT molecular complexity index is 805. The number of nitrogens with zero attached hydrogens (tertiary/aromatic N) is 2. The first-order valence-electron chi connectivity index (χ1n) is 8.58. The van der Waals surface area contributed by atoms with Crippen LogP contribution in [0.25, 0.3) is 0 Å². The molecule has 0 saturated heterocycles. The van der Waals surface area contributed by atoms with Gasteiger partial charge in [0.05, 0.1) is 6.04 Å². The summed E-state index contributed by atoms with van der Waals surface area (Å²) in [6.07, 6.45) is 3.74. The van der Waals surface area contributed by atoms with Crippen LogP contribution in [0, 0.1) is 19.7 Å². The van der Waals surface area contributed by atoms with Gasteiger partial charge in [0.15, 0.2) is 5.16 Å². The number of aromatic nitrogens is 2. The van der Waals surface area contributed by atoms with Gasteiger partial charge in [0.25, 0.3) is 0 Å². The number of hydrogen-bond acceptors (Lipinski definition) is 5. The second-order valence-electron chi connectivity index (χ2n) is 6.28. The molecule has 1 atom stereocenters. The Labute approximate surface area is 161 Å². The van der Waals surface area contributed by atoms with Gasteiger partial charge in [-0.05, 0) is 50.1 Å². The van der Waals surface area contributed by atoms with E-state index in [1.54, 1.807) is 6.07 Å². The highest BCUT2D eigenvalue weighted by molar-refractivity contribution is 7.99. The van der Waals surface area contributed by atoms with Crippen molar-refractivity contribution in [2.75, 3.05) is 12.0 Å². The molecular weight excluding hydrogens is 369 g/mol. The maximum Gasteiger partial charge on any atom is 0.220 e. The number of nitrogens with one attached hydrogen (secondary N) is 1. The van der Waals surface area contributed by atoms with Gasteiger partial charge in [-0.25, -0.2) is 14.4 Å². The van der Waals surface area contributed by atoms with Crippen molar-refractivity contribution in [2.24, 2.45) is 0 Å². The fraction of sp³-hybridized carbons (Fsp3) is 0.421.